The van der Waals surface area contributed by atoms with Crippen molar-refractivity contribution in [2.45, 2.75) is 37.6 Å². The van der Waals surface area contributed by atoms with E-state index in [0.717, 1.165) is 56.0 Å². The quantitative estimate of drug-likeness (QED) is 0.253. The lowest BCUT2D eigenvalue weighted by Gasteiger charge is -2.38. The minimum absolute atomic E-state index is 0.0150. The third-order valence-electron chi connectivity index (χ3n) is 7.78. The number of hydrogen-bond acceptors (Lipinski definition) is 4. The molecule has 37 heavy (non-hydrogen) atoms. The number of rotatable bonds is 9. The molecule has 4 nitrogen and oxygen atoms in total. The van der Waals surface area contributed by atoms with Crippen LogP contribution < -0.4 is 4.74 Å². The second-order valence-corrected chi connectivity index (χ2v) is 9.98. The van der Waals surface area contributed by atoms with Gasteiger partial charge in [0.1, 0.15) is 17.2 Å². The fourth-order valence-electron chi connectivity index (χ4n) is 5.79. The Labute approximate surface area is 219 Å². The fraction of sp³-hybridized carbons (Fsp3) is 0.273. The van der Waals surface area contributed by atoms with Gasteiger partial charge in [-0.05, 0) is 66.6 Å². The van der Waals surface area contributed by atoms with Gasteiger partial charge in [0.2, 0.25) is 0 Å². The van der Waals surface area contributed by atoms with Gasteiger partial charge in [0, 0.05) is 18.4 Å². The highest BCUT2D eigenvalue weighted by molar-refractivity contribution is 5.91. The van der Waals surface area contributed by atoms with E-state index in [1.54, 1.807) is 13.5 Å². The van der Waals surface area contributed by atoms with Gasteiger partial charge in [-0.3, -0.25) is 4.90 Å². The molecule has 1 atom stereocenters. The average molecular weight is 490 g/mol. The number of allylic oxidation sites excluding steroid dienone is 2. The Balaban J connectivity index is 1.34. The lowest BCUT2D eigenvalue weighted by atomic mass is 9.86. The number of nitrogens with zero attached hydrogens (tertiary/aromatic N) is 2. The Morgan fingerprint density at radius 3 is 2.35 bits per heavy atom. The van der Waals surface area contributed by atoms with Gasteiger partial charge in [-0.2, -0.15) is 0 Å². The van der Waals surface area contributed by atoms with E-state index in [0.29, 0.717) is 5.92 Å². The maximum absolute atomic E-state index is 6.05. The smallest absolute Gasteiger partial charge is 0.181 e. The standard InChI is InChI=1S/C33H33N2O2/c1-36-29-14-8-13-28(31(29)27-16-17-27)33(35-21-19-26(20-22-35)25-11-6-3-7-12-25)32-30(37-23-34-32)18-15-24-9-4-2-5-10-24/h2-14,16-17,23,26,33H,15,18-22H2,1H3. The molecule has 0 amide bonds. The third kappa shape index (κ3) is 5.12. The molecule has 6 rings (SSSR count). The van der Waals surface area contributed by atoms with Crippen LogP contribution in [0.3, 0.4) is 0 Å². The molecule has 1 saturated heterocycles. The molecule has 1 unspecified atom stereocenters. The van der Waals surface area contributed by atoms with Gasteiger partial charge >= 0.3 is 0 Å². The summed E-state index contributed by atoms with van der Waals surface area (Å²) in [6.45, 7) is 2.02. The Kier molecular flexibility index (Phi) is 6.92. The topological polar surface area (TPSA) is 38.5 Å². The fourth-order valence-corrected chi connectivity index (χ4v) is 5.79. The van der Waals surface area contributed by atoms with E-state index < -0.39 is 0 Å². The minimum Gasteiger partial charge on any atom is -0.496 e. The molecule has 1 radical (unpaired) electrons. The van der Waals surface area contributed by atoms with Crippen molar-refractivity contribution in [3.63, 3.8) is 0 Å². The number of ether oxygens (including phenoxy) is 1. The van der Waals surface area contributed by atoms with Crippen molar-refractivity contribution in [1.82, 2.24) is 9.88 Å². The van der Waals surface area contributed by atoms with Crippen LogP contribution >= 0.6 is 0 Å². The molecule has 0 spiro atoms. The number of benzene rings is 3. The minimum atomic E-state index is 0.0150. The van der Waals surface area contributed by atoms with Crippen molar-refractivity contribution in [3.05, 3.63) is 131 Å². The van der Waals surface area contributed by atoms with E-state index in [-0.39, 0.29) is 6.04 Å². The van der Waals surface area contributed by atoms with E-state index in [1.165, 1.54) is 27.8 Å². The zero-order chi connectivity index (χ0) is 25.0. The monoisotopic (exact) mass is 489 g/mol. The molecule has 0 saturated carbocycles. The summed E-state index contributed by atoms with van der Waals surface area (Å²) in [6, 6.07) is 28.0. The molecule has 0 N–H and O–H groups in total. The maximum Gasteiger partial charge on any atom is 0.181 e. The molecule has 1 aromatic heterocycles. The van der Waals surface area contributed by atoms with Crippen LogP contribution in [0.25, 0.3) is 5.57 Å². The van der Waals surface area contributed by atoms with Crippen molar-refractivity contribution >= 4 is 5.57 Å². The van der Waals surface area contributed by atoms with Crippen molar-refractivity contribution in [2.24, 2.45) is 0 Å². The van der Waals surface area contributed by atoms with Crippen molar-refractivity contribution < 1.29 is 9.15 Å². The first-order valence-corrected chi connectivity index (χ1v) is 13.3. The van der Waals surface area contributed by atoms with Crippen LogP contribution in [0.4, 0.5) is 0 Å². The average Bonchev–Trinajstić information content (AvgIpc) is 3.71. The van der Waals surface area contributed by atoms with E-state index >= 15 is 0 Å². The largest absolute Gasteiger partial charge is 0.496 e. The number of methoxy groups -OCH3 is 1. The van der Waals surface area contributed by atoms with Crippen LogP contribution in [-0.4, -0.2) is 30.1 Å². The summed E-state index contributed by atoms with van der Waals surface area (Å²) in [6.07, 6.45) is 9.97. The number of oxazole rings is 1. The highest BCUT2D eigenvalue weighted by Crippen LogP contribution is 2.45. The first kappa shape index (κ1) is 23.7. The number of likely N-dealkylation sites (tertiary alicyclic amines) is 1. The number of piperidine rings is 1. The zero-order valence-electron chi connectivity index (χ0n) is 21.3. The lowest BCUT2D eigenvalue weighted by molar-refractivity contribution is 0.170. The predicted molar refractivity (Wildman–Crippen MR) is 147 cm³/mol. The van der Waals surface area contributed by atoms with Crippen molar-refractivity contribution in [1.29, 1.82) is 0 Å². The Hall–Kier alpha value is -3.63. The molecule has 0 bridgehead atoms. The first-order chi connectivity index (χ1) is 18.3. The summed E-state index contributed by atoms with van der Waals surface area (Å²) < 4.78 is 11.9. The second-order valence-electron chi connectivity index (χ2n) is 9.98. The van der Waals surface area contributed by atoms with Crippen molar-refractivity contribution in [2.75, 3.05) is 20.2 Å². The summed E-state index contributed by atoms with van der Waals surface area (Å²) in [4.78, 5) is 7.46. The molecule has 187 valence electrons. The van der Waals surface area contributed by atoms with Crippen molar-refractivity contribution in [3.8, 4) is 5.75 Å². The van der Waals surface area contributed by atoms with Gasteiger partial charge in [-0.1, -0.05) is 78.9 Å². The molecule has 3 aromatic carbocycles. The summed E-state index contributed by atoms with van der Waals surface area (Å²) in [5, 5.41) is 0. The SMILES string of the molecule is COc1cccc(C(c2ncoc2CCc2ccccc2)N2CCC(c3ccccc3)CC2)c1C1=C[CH]1. The molecule has 2 heterocycles. The summed E-state index contributed by atoms with van der Waals surface area (Å²) in [7, 11) is 1.76. The predicted octanol–water partition coefficient (Wildman–Crippen LogP) is 7.04. The summed E-state index contributed by atoms with van der Waals surface area (Å²) in [5.41, 5.74) is 7.45. The van der Waals surface area contributed by atoms with E-state index in [4.69, 9.17) is 14.1 Å². The second kappa shape index (κ2) is 10.8. The van der Waals surface area contributed by atoms with Gasteiger partial charge in [-0.15, -0.1) is 0 Å². The van der Waals surface area contributed by atoms with Gasteiger partial charge in [-0.25, -0.2) is 4.98 Å². The number of aromatic nitrogens is 1. The van der Waals surface area contributed by atoms with E-state index in [9.17, 15) is 0 Å². The molecule has 1 aliphatic carbocycles. The molecule has 4 heteroatoms. The van der Waals surface area contributed by atoms with Crippen LogP contribution in [0.2, 0.25) is 0 Å². The van der Waals surface area contributed by atoms with Gasteiger partial charge in [0.15, 0.2) is 6.39 Å². The highest BCUT2D eigenvalue weighted by Gasteiger charge is 2.35. The molecule has 2 aliphatic rings. The third-order valence-corrected chi connectivity index (χ3v) is 7.78. The Morgan fingerprint density at radius 2 is 1.65 bits per heavy atom. The summed E-state index contributed by atoms with van der Waals surface area (Å²) in [5.74, 6) is 2.48. The molecular weight excluding hydrogens is 456 g/mol. The van der Waals surface area contributed by atoms with Crippen LogP contribution in [-0.2, 0) is 12.8 Å². The van der Waals surface area contributed by atoms with E-state index in [2.05, 4.69) is 96.3 Å². The van der Waals surface area contributed by atoms with Gasteiger partial charge in [0.05, 0.1) is 13.2 Å². The van der Waals surface area contributed by atoms with Crippen LogP contribution in [0, 0.1) is 6.42 Å². The highest BCUT2D eigenvalue weighted by atomic mass is 16.5. The van der Waals surface area contributed by atoms with Gasteiger partial charge < -0.3 is 9.15 Å². The van der Waals surface area contributed by atoms with Gasteiger partial charge in [0.25, 0.3) is 0 Å². The molecule has 4 aromatic rings. The van der Waals surface area contributed by atoms with Crippen LogP contribution in [0.15, 0.2) is 95.7 Å². The van der Waals surface area contributed by atoms with Crippen LogP contribution in [0.5, 0.6) is 5.75 Å². The Morgan fingerprint density at radius 1 is 0.919 bits per heavy atom. The maximum atomic E-state index is 6.05. The molecular formula is C33H33N2O2. The van der Waals surface area contributed by atoms with E-state index in [1.807, 2.05) is 0 Å². The first-order valence-electron chi connectivity index (χ1n) is 13.3. The zero-order valence-corrected chi connectivity index (χ0v) is 21.3. The summed E-state index contributed by atoms with van der Waals surface area (Å²) >= 11 is 0. The molecule has 1 fully saturated rings. The Bertz CT molecular complexity index is 1350. The van der Waals surface area contributed by atoms with Crippen LogP contribution in [0.1, 0.15) is 58.5 Å². The normalized spacial score (nSPS) is 16.8. The number of hydrogen-bond donors (Lipinski definition) is 0. The number of aryl methyl sites for hydroxylation is 2. The molecule has 1 aliphatic heterocycles. The lowest BCUT2D eigenvalue weighted by Crippen LogP contribution is -2.37.